The van der Waals surface area contributed by atoms with E-state index < -0.39 is 0 Å². The van der Waals surface area contributed by atoms with Gasteiger partial charge in [-0.1, -0.05) is 54.6 Å². The Kier molecular flexibility index (Phi) is 3.82. The topological polar surface area (TPSA) is 29.1 Å². The summed E-state index contributed by atoms with van der Waals surface area (Å²) in [4.78, 5) is 11.2. The Morgan fingerprint density at radius 2 is 1.70 bits per heavy atom. The highest BCUT2D eigenvalue weighted by Crippen LogP contribution is 2.20. The van der Waals surface area contributed by atoms with Crippen molar-refractivity contribution >= 4 is 5.91 Å². The van der Waals surface area contributed by atoms with Gasteiger partial charge in [-0.2, -0.15) is 0 Å². The van der Waals surface area contributed by atoms with Gasteiger partial charge in [0.25, 0.3) is 0 Å². The highest BCUT2D eigenvalue weighted by Gasteiger charge is 2.19. The van der Waals surface area contributed by atoms with Crippen molar-refractivity contribution in [3.8, 4) is 11.1 Å². The molecule has 0 radical (unpaired) electrons. The van der Waals surface area contributed by atoms with Crippen LogP contribution in [0.2, 0.25) is 0 Å². The Labute approximate surface area is 121 Å². The first-order valence-electron chi connectivity index (χ1n) is 7.25. The van der Waals surface area contributed by atoms with Gasteiger partial charge in [-0.05, 0) is 36.0 Å². The van der Waals surface area contributed by atoms with Crippen LogP contribution in [0.5, 0.6) is 0 Å². The second kappa shape index (κ2) is 5.91. The minimum Gasteiger partial charge on any atom is -0.353 e. The number of amides is 1. The number of nitrogens with one attached hydrogen (secondary N) is 1. The van der Waals surface area contributed by atoms with Gasteiger partial charge in [-0.3, -0.25) is 4.79 Å². The molecule has 0 saturated carbocycles. The lowest BCUT2D eigenvalue weighted by molar-refractivity contribution is -0.119. The molecule has 0 bridgehead atoms. The normalized spacial score (nSPS) is 18.0. The number of benzene rings is 2. The van der Waals surface area contributed by atoms with Crippen LogP contribution < -0.4 is 5.32 Å². The molecular weight excluding hydrogens is 246 g/mol. The van der Waals surface area contributed by atoms with Crippen molar-refractivity contribution in [2.24, 2.45) is 0 Å². The Hall–Kier alpha value is -2.09. The third-order valence-electron chi connectivity index (χ3n) is 3.93. The van der Waals surface area contributed by atoms with Gasteiger partial charge >= 0.3 is 0 Å². The zero-order chi connectivity index (χ0) is 13.8. The molecule has 2 aromatic rings. The summed E-state index contributed by atoms with van der Waals surface area (Å²) < 4.78 is 0. The zero-order valence-electron chi connectivity index (χ0n) is 11.5. The van der Waals surface area contributed by atoms with Crippen LogP contribution in [0.15, 0.2) is 54.6 Å². The van der Waals surface area contributed by atoms with Gasteiger partial charge in [0.15, 0.2) is 0 Å². The second-order valence-electron chi connectivity index (χ2n) is 5.40. The summed E-state index contributed by atoms with van der Waals surface area (Å²) >= 11 is 0. The van der Waals surface area contributed by atoms with Crippen LogP contribution in [-0.2, 0) is 11.2 Å². The molecule has 1 atom stereocenters. The van der Waals surface area contributed by atoms with Crippen LogP contribution in [0.4, 0.5) is 0 Å². The first kappa shape index (κ1) is 12.9. The molecule has 104 valence electrons. The number of carbonyl (C=O) groups excluding carboxylic acids is 1. The van der Waals surface area contributed by atoms with E-state index in [4.69, 9.17) is 0 Å². The molecule has 2 aromatic carbocycles. The molecule has 2 nitrogen and oxygen atoms in total. The van der Waals surface area contributed by atoms with E-state index in [0.717, 1.165) is 19.3 Å². The van der Waals surface area contributed by atoms with Gasteiger partial charge in [0, 0.05) is 13.9 Å². The number of hydrogen-bond acceptors (Lipinski definition) is 1. The number of aryl methyl sites for hydroxylation is 1. The van der Waals surface area contributed by atoms with Crippen molar-refractivity contribution < 1.29 is 6.22 Å². The minimum absolute atomic E-state index is 0. The van der Waals surface area contributed by atoms with E-state index in [2.05, 4.69) is 53.8 Å². The van der Waals surface area contributed by atoms with E-state index >= 15 is 0 Å². The number of carbonyl (C=O) groups is 1. The van der Waals surface area contributed by atoms with Crippen molar-refractivity contribution in [3.05, 3.63) is 60.2 Å². The molecule has 20 heavy (non-hydrogen) atoms. The minimum atomic E-state index is 0. The van der Waals surface area contributed by atoms with Crippen molar-refractivity contribution in [2.45, 2.75) is 31.7 Å². The Morgan fingerprint density at radius 3 is 2.35 bits per heavy atom. The lowest BCUT2D eigenvalue weighted by Gasteiger charge is -2.10. The largest absolute Gasteiger partial charge is 0.353 e. The highest BCUT2D eigenvalue weighted by atomic mass is 16.1. The van der Waals surface area contributed by atoms with E-state index in [9.17, 15) is 4.79 Å². The van der Waals surface area contributed by atoms with Crippen molar-refractivity contribution in [2.75, 3.05) is 0 Å². The van der Waals surface area contributed by atoms with Gasteiger partial charge < -0.3 is 5.32 Å². The number of hydrogen-bond donors (Lipinski definition) is 1. The van der Waals surface area contributed by atoms with Gasteiger partial charge in [0.05, 0.1) is 0 Å². The highest BCUT2D eigenvalue weighted by molar-refractivity contribution is 5.78. The zero-order valence-corrected chi connectivity index (χ0v) is 11.5. The molecule has 1 amide bonds. The maximum atomic E-state index is 11.2. The summed E-state index contributed by atoms with van der Waals surface area (Å²) in [5.41, 5.74) is 3.84. The predicted molar refractivity (Wildman–Crippen MR) is 83.5 cm³/mol. The molecule has 0 aromatic heterocycles. The first-order valence-corrected chi connectivity index (χ1v) is 7.25. The van der Waals surface area contributed by atoms with Crippen LogP contribution in [-0.4, -0.2) is 11.9 Å². The average molecular weight is 267 g/mol. The van der Waals surface area contributed by atoms with Crippen molar-refractivity contribution in [1.29, 1.82) is 0 Å². The van der Waals surface area contributed by atoms with Crippen LogP contribution in [0.3, 0.4) is 0 Å². The monoisotopic (exact) mass is 267 g/mol. The maximum Gasteiger partial charge on any atom is 0.220 e. The van der Waals surface area contributed by atoms with Crippen molar-refractivity contribution in [1.82, 2.24) is 5.32 Å². The molecule has 1 saturated heterocycles. The lowest BCUT2D eigenvalue weighted by atomic mass is 10.0. The molecule has 1 N–H and O–H groups in total. The molecule has 3 rings (SSSR count). The Bertz CT molecular complexity index is 580. The predicted octanol–water partition coefficient (Wildman–Crippen LogP) is 3.81. The van der Waals surface area contributed by atoms with E-state index in [-0.39, 0.29) is 7.33 Å². The summed E-state index contributed by atoms with van der Waals surface area (Å²) in [5, 5.41) is 3.02. The smallest absolute Gasteiger partial charge is 0.220 e. The fourth-order valence-electron chi connectivity index (χ4n) is 2.73. The van der Waals surface area contributed by atoms with Crippen LogP contribution in [0.1, 0.15) is 26.3 Å². The van der Waals surface area contributed by atoms with Gasteiger partial charge in [0.2, 0.25) is 5.91 Å². The summed E-state index contributed by atoms with van der Waals surface area (Å²) in [6.45, 7) is 0. The maximum absolute atomic E-state index is 11.2. The van der Waals surface area contributed by atoms with Crippen LogP contribution in [0.25, 0.3) is 11.1 Å². The summed E-state index contributed by atoms with van der Waals surface area (Å²) in [5.74, 6) is 0.203. The molecule has 0 aliphatic carbocycles. The van der Waals surface area contributed by atoms with Crippen LogP contribution >= 0.6 is 0 Å². The number of rotatable bonds is 4. The molecule has 0 unspecified atom stereocenters. The molecule has 1 aliphatic heterocycles. The SMILES string of the molecule is O=C1CC[C@@H](CCc2ccc(-c3ccccc3)cc2)N1.[HH]. The quantitative estimate of drug-likeness (QED) is 0.896. The molecule has 0 spiro atoms. The molecule has 1 aliphatic rings. The average Bonchev–Trinajstić information content (AvgIpc) is 2.92. The third-order valence-corrected chi connectivity index (χ3v) is 3.93. The standard InChI is InChI=1S/C18H19NO.H2/c20-18-13-12-17(19-18)11-8-14-6-9-16(10-7-14)15-4-2-1-3-5-15;/h1-7,9-10,17H,8,11-13H2,(H,19,20);1H/t17-;/m1./s1. The van der Waals surface area contributed by atoms with E-state index in [0.29, 0.717) is 12.5 Å². The fourth-order valence-corrected chi connectivity index (χ4v) is 2.73. The Balaban J connectivity index is 0.00000161. The molecule has 1 heterocycles. The lowest BCUT2D eigenvalue weighted by Crippen LogP contribution is -2.25. The van der Waals surface area contributed by atoms with E-state index in [1.165, 1.54) is 16.7 Å². The van der Waals surface area contributed by atoms with E-state index in [1.54, 1.807) is 0 Å². The molecular formula is C18H21NO. The van der Waals surface area contributed by atoms with Crippen molar-refractivity contribution in [3.63, 3.8) is 0 Å². The second-order valence-corrected chi connectivity index (χ2v) is 5.40. The summed E-state index contributed by atoms with van der Waals surface area (Å²) in [6.07, 6.45) is 3.75. The molecule has 2 heteroatoms. The third kappa shape index (κ3) is 3.08. The van der Waals surface area contributed by atoms with E-state index in [1.807, 2.05) is 6.07 Å². The van der Waals surface area contributed by atoms with Gasteiger partial charge in [-0.25, -0.2) is 0 Å². The fraction of sp³-hybridized carbons (Fsp3) is 0.278. The summed E-state index contributed by atoms with van der Waals surface area (Å²) in [7, 11) is 0. The van der Waals surface area contributed by atoms with Gasteiger partial charge in [0.1, 0.15) is 0 Å². The van der Waals surface area contributed by atoms with Crippen LogP contribution in [0, 0.1) is 0 Å². The summed E-state index contributed by atoms with van der Waals surface area (Å²) in [6, 6.07) is 19.5. The molecule has 1 fully saturated rings. The Morgan fingerprint density at radius 1 is 1.00 bits per heavy atom. The first-order chi connectivity index (χ1) is 9.81. The van der Waals surface area contributed by atoms with Gasteiger partial charge in [-0.15, -0.1) is 0 Å².